The van der Waals surface area contributed by atoms with Gasteiger partial charge in [-0.1, -0.05) is 0 Å². The first-order valence-corrected chi connectivity index (χ1v) is 3.11. The van der Waals surface area contributed by atoms with Gasteiger partial charge in [0, 0.05) is 11.1 Å². The van der Waals surface area contributed by atoms with Crippen LogP contribution in [0.5, 0.6) is 0 Å². The molecule has 3 nitrogen and oxygen atoms in total. The van der Waals surface area contributed by atoms with Crippen molar-refractivity contribution < 1.29 is 14.4 Å². The third kappa shape index (κ3) is 0.863. The van der Waals surface area contributed by atoms with Crippen LogP contribution in [0.15, 0.2) is 16.7 Å². The van der Waals surface area contributed by atoms with Crippen LogP contribution in [0.3, 0.4) is 0 Å². The van der Waals surface area contributed by atoms with Crippen molar-refractivity contribution >= 4 is 17.5 Å². The van der Waals surface area contributed by atoms with Crippen molar-refractivity contribution in [3.8, 4) is 0 Å². The molecule has 0 amide bonds. The maximum absolute atomic E-state index is 11.0. The zero-order valence-electron chi connectivity index (χ0n) is 6.22. The number of allylic oxidation sites excluding steroid dienone is 3. The summed E-state index contributed by atoms with van der Waals surface area (Å²) < 4.78 is 0. The fourth-order valence-electron chi connectivity index (χ4n) is 0.911. The van der Waals surface area contributed by atoms with Crippen LogP contribution in [-0.4, -0.2) is 17.5 Å². The van der Waals surface area contributed by atoms with E-state index in [-0.39, 0.29) is 5.57 Å². The maximum atomic E-state index is 11.0. The van der Waals surface area contributed by atoms with E-state index in [4.69, 9.17) is 0 Å². The molecule has 3 heteroatoms. The second kappa shape index (κ2) is 2.29. The molecular formula is C8H6O3. The molecule has 1 aliphatic carbocycles. The van der Waals surface area contributed by atoms with Gasteiger partial charge >= 0.3 is 0 Å². The topological polar surface area (TPSA) is 51.2 Å². The second-order valence-electron chi connectivity index (χ2n) is 2.39. The number of hydrogen-bond acceptors (Lipinski definition) is 3. The highest BCUT2D eigenvalue weighted by Gasteiger charge is 2.31. The van der Waals surface area contributed by atoms with Gasteiger partial charge in [0.15, 0.2) is 5.57 Å². The van der Waals surface area contributed by atoms with E-state index >= 15 is 0 Å². The second-order valence-corrected chi connectivity index (χ2v) is 2.39. The monoisotopic (exact) mass is 150 g/mol. The normalized spacial score (nSPS) is 17.8. The first-order valence-electron chi connectivity index (χ1n) is 3.11. The SMILES string of the molecule is CC1=C(C)C(=O)C(=C=O)C1=O. The molecule has 0 heterocycles. The highest BCUT2D eigenvalue weighted by molar-refractivity contribution is 6.41. The van der Waals surface area contributed by atoms with Crippen LogP contribution < -0.4 is 0 Å². The van der Waals surface area contributed by atoms with Gasteiger partial charge in [-0.2, -0.15) is 0 Å². The predicted octanol–water partition coefficient (Wildman–Crippen LogP) is 0.233. The molecule has 1 aliphatic rings. The number of carbonyl (C=O) groups is 2. The summed E-state index contributed by atoms with van der Waals surface area (Å²) in [6.07, 6.45) is 0. The Balaban J connectivity index is 3.35. The average molecular weight is 150 g/mol. The van der Waals surface area contributed by atoms with Crippen molar-refractivity contribution in [2.24, 2.45) is 0 Å². The summed E-state index contributed by atoms with van der Waals surface area (Å²) in [4.78, 5) is 32.0. The highest BCUT2D eigenvalue weighted by Crippen LogP contribution is 2.21. The quantitative estimate of drug-likeness (QED) is 0.282. The van der Waals surface area contributed by atoms with E-state index in [1.807, 2.05) is 0 Å². The molecule has 0 aliphatic heterocycles. The number of hydrogen-bond donors (Lipinski definition) is 0. The van der Waals surface area contributed by atoms with Gasteiger partial charge in [0.25, 0.3) is 0 Å². The van der Waals surface area contributed by atoms with Crippen LogP contribution >= 0.6 is 0 Å². The zero-order valence-corrected chi connectivity index (χ0v) is 6.22. The minimum absolute atomic E-state index is 0.355. The summed E-state index contributed by atoms with van der Waals surface area (Å²) in [7, 11) is 0. The smallest absolute Gasteiger partial charge is 0.204 e. The summed E-state index contributed by atoms with van der Waals surface area (Å²) in [6, 6.07) is 0. The molecule has 0 fully saturated rings. The van der Waals surface area contributed by atoms with Gasteiger partial charge in [-0.3, -0.25) is 9.59 Å². The third-order valence-electron chi connectivity index (χ3n) is 1.80. The summed E-state index contributed by atoms with van der Waals surface area (Å²) >= 11 is 0. The van der Waals surface area contributed by atoms with E-state index in [2.05, 4.69) is 0 Å². The molecule has 0 radical (unpaired) electrons. The molecule has 56 valence electrons. The van der Waals surface area contributed by atoms with E-state index in [1.54, 1.807) is 0 Å². The lowest BCUT2D eigenvalue weighted by molar-refractivity contribution is -0.115. The Hall–Kier alpha value is -1.47. The van der Waals surface area contributed by atoms with Crippen LogP contribution in [0.25, 0.3) is 0 Å². The van der Waals surface area contributed by atoms with Gasteiger partial charge in [-0.15, -0.1) is 0 Å². The molecule has 11 heavy (non-hydrogen) atoms. The van der Waals surface area contributed by atoms with Gasteiger partial charge in [-0.25, -0.2) is 4.79 Å². The molecule has 0 aromatic carbocycles. The van der Waals surface area contributed by atoms with Crippen molar-refractivity contribution in [2.75, 3.05) is 0 Å². The van der Waals surface area contributed by atoms with Crippen LogP contribution in [0.2, 0.25) is 0 Å². The fourth-order valence-corrected chi connectivity index (χ4v) is 0.911. The van der Waals surface area contributed by atoms with Gasteiger partial charge in [0.2, 0.25) is 11.6 Å². The standard InChI is InChI=1S/C8H6O3/c1-4-5(2)8(11)6(3-9)7(4)10/h1-2H3. The molecule has 0 saturated heterocycles. The molecule has 0 bridgehead atoms. The lowest BCUT2D eigenvalue weighted by atomic mass is 10.2. The van der Waals surface area contributed by atoms with Gasteiger partial charge in [0.1, 0.15) is 5.94 Å². The Morgan fingerprint density at radius 2 is 1.36 bits per heavy atom. The van der Waals surface area contributed by atoms with Crippen LogP contribution in [0, 0.1) is 0 Å². The Kier molecular flexibility index (Phi) is 1.59. The first kappa shape index (κ1) is 7.63. The van der Waals surface area contributed by atoms with Gasteiger partial charge < -0.3 is 0 Å². The lowest BCUT2D eigenvalue weighted by Crippen LogP contribution is -2.03. The van der Waals surface area contributed by atoms with Crippen LogP contribution in [-0.2, 0) is 14.4 Å². The summed E-state index contributed by atoms with van der Waals surface area (Å²) in [6.45, 7) is 3.06. The molecule has 0 aromatic rings. The van der Waals surface area contributed by atoms with Crippen molar-refractivity contribution in [3.63, 3.8) is 0 Å². The van der Waals surface area contributed by atoms with E-state index < -0.39 is 11.6 Å². The number of ketones is 2. The minimum atomic E-state index is -0.484. The minimum Gasteiger partial charge on any atom is -0.288 e. The lowest BCUT2D eigenvalue weighted by Gasteiger charge is -1.84. The number of carbonyl (C=O) groups excluding carboxylic acids is 3. The highest BCUT2D eigenvalue weighted by atomic mass is 16.2. The van der Waals surface area contributed by atoms with E-state index in [0.717, 1.165) is 0 Å². The van der Waals surface area contributed by atoms with Crippen LogP contribution in [0.1, 0.15) is 13.8 Å². The fraction of sp³-hybridized carbons (Fsp3) is 0.250. The van der Waals surface area contributed by atoms with E-state index in [9.17, 15) is 14.4 Å². The Labute approximate surface area is 63.4 Å². The average Bonchev–Trinajstić information content (AvgIpc) is 2.17. The molecule has 0 aromatic heterocycles. The molecule has 0 saturated carbocycles. The van der Waals surface area contributed by atoms with E-state index in [1.165, 1.54) is 19.8 Å². The number of rotatable bonds is 0. The van der Waals surface area contributed by atoms with Gasteiger partial charge in [0.05, 0.1) is 0 Å². The Bertz CT molecular complexity index is 301. The largest absolute Gasteiger partial charge is 0.288 e. The molecule has 1 rings (SSSR count). The van der Waals surface area contributed by atoms with Crippen molar-refractivity contribution in [3.05, 3.63) is 16.7 Å². The van der Waals surface area contributed by atoms with Crippen molar-refractivity contribution in [1.82, 2.24) is 0 Å². The molecule has 0 unspecified atom stereocenters. The third-order valence-corrected chi connectivity index (χ3v) is 1.80. The van der Waals surface area contributed by atoms with Crippen LogP contribution in [0.4, 0.5) is 0 Å². The Morgan fingerprint density at radius 1 is 1.00 bits per heavy atom. The maximum Gasteiger partial charge on any atom is 0.204 e. The predicted molar refractivity (Wildman–Crippen MR) is 37.6 cm³/mol. The molecular weight excluding hydrogens is 144 g/mol. The summed E-state index contributed by atoms with van der Waals surface area (Å²) in [5.74, 6) is 0.383. The zero-order chi connectivity index (χ0) is 8.59. The molecule has 0 atom stereocenters. The van der Waals surface area contributed by atoms with Crippen molar-refractivity contribution in [1.29, 1.82) is 0 Å². The summed E-state index contributed by atoms with van der Waals surface area (Å²) in [5.41, 5.74) is 0.349. The molecule has 0 spiro atoms. The first-order chi connectivity index (χ1) is 5.09. The summed E-state index contributed by atoms with van der Waals surface area (Å²) in [5, 5.41) is 0. The number of Topliss-reactive ketones (excluding diaryl/α,β-unsaturated/α-hetero) is 2. The van der Waals surface area contributed by atoms with E-state index in [0.29, 0.717) is 11.1 Å². The van der Waals surface area contributed by atoms with Gasteiger partial charge in [-0.05, 0) is 13.8 Å². The van der Waals surface area contributed by atoms with Crippen molar-refractivity contribution in [2.45, 2.75) is 13.8 Å². The Morgan fingerprint density at radius 3 is 1.55 bits per heavy atom. The molecule has 0 N–H and O–H groups in total.